The zero-order chi connectivity index (χ0) is 18.8. The summed E-state index contributed by atoms with van der Waals surface area (Å²) in [4.78, 5) is 31.8. The molecule has 0 bridgehead atoms. The van der Waals surface area contributed by atoms with Crippen LogP contribution in [0.4, 0.5) is 5.69 Å². The fourth-order valence-corrected chi connectivity index (χ4v) is 4.33. The van der Waals surface area contributed by atoms with Crippen LogP contribution in [0.25, 0.3) is 10.2 Å². The highest BCUT2D eigenvalue weighted by atomic mass is 35.5. The summed E-state index contributed by atoms with van der Waals surface area (Å²) in [5.41, 5.74) is 1.24. The van der Waals surface area contributed by atoms with Crippen LogP contribution in [0.1, 0.15) is 17.4 Å². The number of carbonyl (C=O) groups is 1. The number of nitrogens with one attached hydrogen (secondary N) is 1. The number of fused-ring (bicyclic) bond motifs is 1. The van der Waals surface area contributed by atoms with E-state index < -0.39 is 0 Å². The number of benzene rings is 1. The molecular weight excluding hydrogens is 390 g/mol. The summed E-state index contributed by atoms with van der Waals surface area (Å²) in [5, 5.41) is 4.51. The lowest BCUT2D eigenvalue weighted by Crippen LogP contribution is -2.29. The lowest BCUT2D eigenvalue weighted by atomic mass is 10.2. The van der Waals surface area contributed by atoms with Crippen LogP contribution in [0.2, 0.25) is 5.02 Å². The summed E-state index contributed by atoms with van der Waals surface area (Å²) in [6.07, 6.45) is 2.70. The van der Waals surface area contributed by atoms with Gasteiger partial charge in [-0.1, -0.05) is 36.4 Å². The van der Waals surface area contributed by atoms with Crippen LogP contribution < -0.4 is 10.9 Å². The number of halogens is 1. The average Bonchev–Trinajstić information content (AvgIpc) is 3.04. The van der Waals surface area contributed by atoms with Gasteiger partial charge in [0.15, 0.2) is 5.16 Å². The molecule has 0 fully saturated rings. The number of hydrogen-bond acceptors (Lipinski definition) is 5. The van der Waals surface area contributed by atoms with E-state index in [4.69, 9.17) is 11.6 Å². The van der Waals surface area contributed by atoms with Crippen LogP contribution in [-0.4, -0.2) is 21.7 Å². The zero-order valence-electron chi connectivity index (χ0n) is 14.6. The third-order valence-electron chi connectivity index (χ3n) is 4.04. The Hall–Kier alpha value is -1.83. The van der Waals surface area contributed by atoms with Gasteiger partial charge in [0, 0.05) is 15.6 Å². The average molecular weight is 408 g/mol. The van der Waals surface area contributed by atoms with Gasteiger partial charge in [-0.15, -0.1) is 11.3 Å². The van der Waals surface area contributed by atoms with Crippen LogP contribution in [0.15, 0.2) is 34.2 Å². The van der Waals surface area contributed by atoms with Gasteiger partial charge in [-0.2, -0.15) is 0 Å². The number of hydrogen-bond donors (Lipinski definition) is 1. The largest absolute Gasteiger partial charge is 0.324 e. The first-order valence-corrected chi connectivity index (χ1v) is 10.5. The molecular formula is C18H18ClN3O2S2. The predicted octanol–water partition coefficient (Wildman–Crippen LogP) is 4.34. The normalized spacial score (nSPS) is 11.1. The van der Waals surface area contributed by atoms with E-state index in [1.165, 1.54) is 27.7 Å². The number of carbonyl (C=O) groups excluding carboxylic acids is 1. The SMILES string of the molecule is CCc1cc2c(=O)n(CC(=O)Nc3cccc(Cl)c3C)c(SC)nc2s1. The molecule has 0 aliphatic rings. The Bertz CT molecular complexity index is 1040. The summed E-state index contributed by atoms with van der Waals surface area (Å²) in [7, 11) is 0. The van der Waals surface area contributed by atoms with Crippen molar-refractivity contribution < 1.29 is 4.79 Å². The van der Waals surface area contributed by atoms with E-state index in [1.54, 1.807) is 18.2 Å². The molecule has 2 aromatic heterocycles. The molecule has 3 aromatic rings. The standard InChI is InChI=1S/C18H18ClN3O2S2/c1-4-11-8-12-16(26-11)21-18(25-3)22(17(12)24)9-15(23)20-14-7-5-6-13(19)10(14)2/h5-8H,4,9H2,1-3H3,(H,20,23). The van der Waals surface area contributed by atoms with E-state index in [2.05, 4.69) is 10.3 Å². The van der Waals surface area contributed by atoms with Gasteiger partial charge >= 0.3 is 0 Å². The summed E-state index contributed by atoms with van der Waals surface area (Å²) in [5.74, 6) is -0.292. The Labute approximate surface area is 164 Å². The second kappa shape index (κ2) is 7.82. The third kappa shape index (κ3) is 3.65. The second-order valence-corrected chi connectivity index (χ2v) is 8.03. The molecule has 136 valence electrons. The van der Waals surface area contributed by atoms with E-state index in [1.807, 2.05) is 26.2 Å². The van der Waals surface area contributed by atoms with Gasteiger partial charge in [0.1, 0.15) is 11.4 Å². The molecule has 0 unspecified atom stereocenters. The Balaban J connectivity index is 1.94. The molecule has 0 saturated heterocycles. The van der Waals surface area contributed by atoms with Gasteiger partial charge in [-0.25, -0.2) is 4.98 Å². The van der Waals surface area contributed by atoms with Crippen molar-refractivity contribution in [3.8, 4) is 0 Å². The van der Waals surface area contributed by atoms with E-state index in [-0.39, 0.29) is 18.0 Å². The molecule has 0 atom stereocenters. The molecule has 1 amide bonds. The minimum absolute atomic E-state index is 0.0960. The summed E-state index contributed by atoms with van der Waals surface area (Å²) in [6, 6.07) is 7.19. The smallest absolute Gasteiger partial charge is 0.263 e. The molecule has 0 aliphatic carbocycles. The molecule has 1 aromatic carbocycles. The molecule has 0 spiro atoms. The minimum Gasteiger partial charge on any atom is -0.324 e. The third-order valence-corrected chi connectivity index (χ3v) is 6.30. The second-order valence-electron chi connectivity index (χ2n) is 5.74. The number of nitrogens with zero attached hydrogens (tertiary/aromatic N) is 2. The van der Waals surface area contributed by atoms with Crippen LogP contribution >= 0.6 is 34.7 Å². The van der Waals surface area contributed by atoms with Crippen molar-refractivity contribution >= 4 is 56.5 Å². The molecule has 0 radical (unpaired) electrons. The van der Waals surface area contributed by atoms with Crippen LogP contribution in [-0.2, 0) is 17.8 Å². The van der Waals surface area contributed by atoms with Gasteiger partial charge < -0.3 is 5.32 Å². The monoisotopic (exact) mass is 407 g/mol. The maximum Gasteiger partial charge on any atom is 0.263 e. The van der Waals surface area contributed by atoms with Gasteiger partial charge in [0.25, 0.3) is 5.56 Å². The zero-order valence-corrected chi connectivity index (χ0v) is 17.0. The summed E-state index contributed by atoms with van der Waals surface area (Å²) in [6.45, 7) is 3.78. The maximum atomic E-state index is 12.9. The first-order valence-electron chi connectivity index (χ1n) is 8.06. The Kier molecular flexibility index (Phi) is 5.70. The lowest BCUT2D eigenvalue weighted by molar-refractivity contribution is -0.116. The minimum atomic E-state index is -0.292. The first kappa shape index (κ1) is 18.9. The summed E-state index contributed by atoms with van der Waals surface area (Å²) >= 11 is 8.97. The number of thiophene rings is 1. The predicted molar refractivity (Wildman–Crippen MR) is 110 cm³/mol. The van der Waals surface area contributed by atoms with Crippen molar-refractivity contribution in [1.29, 1.82) is 0 Å². The maximum absolute atomic E-state index is 12.9. The number of rotatable bonds is 5. The fraction of sp³-hybridized carbons (Fsp3) is 0.278. The highest BCUT2D eigenvalue weighted by Crippen LogP contribution is 2.25. The van der Waals surface area contributed by atoms with E-state index >= 15 is 0 Å². The first-order chi connectivity index (χ1) is 12.4. The van der Waals surface area contributed by atoms with Gasteiger partial charge in [0.05, 0.1) is 5.39 Å². The van der Waals surface area contributed by atoms with Crippen molar-refractivity contribution in [3.63, 3.8) is 0 Å². The molecule has 5 nitrogen and oxygen atoms in total. The molecule has 3 rings (SSSR count). The molecule has 0 saturated carbocycles. The van der Waals surface area contributed by atoms with Crippen molar-refractivity contribution in [2.75, 3.05) is 11.6 Å². The number of anilines is 1. The van der Waals surface area contributed by atoms with E-state index in [0.717, 1.165) is 21.7 Å². The Morgan fingerprint density at radius 1 is 1.42 bits per heavy atom. The van der Waals surface area contributed by atoms with Crippen molar-refractivity contribution in [3.05, 3.63) is 50.1 Å². The topological polar surface area (TPSA) is 64.0 Å². The highest BCUT2D eigenvalue weighted by Gasteiger charge is 2.16. The summed E-state index contributed by atoms with van der Waals surface area (Å²) < 4.78 is 1.42. The lowest BCUT2D eigenvalue weighted by Gasteiger charge is -2.12. The molecule has 8 heteroatoms. The number of amides is 1. The highest BCUT2D eigenvalue weighted by molar-refractivity contribution is 7.98. The Morgan fingerprint density at radius 3 is 2.88 bits per heavy atom. The van der Waals surface area contributed by atoms with Crippen molar-refractivity contribution in [2.45, 2.75) is 32.0 Å². The quantitative estimate of drug-likeness (QED) is 0.504. The van der Waals surface area contributed by atoms with E-state index in [0.29, 0.717) is 21.3 Å². The van der Waals surface area contributed by atoms with Crippen LogP contribution in [0, 0.1) is 6.92 Å². The molecule has 26 heavy (non-hydrogen) atoms. The molecule has 2 heterocycles. The van der Waals surface area contributed by atoms with Crippen LogP contribution in [0.5, 0.6) is 0 Å². The number of aryl methyl sites for hydroxylation is 1. The number of aromatic nitrogens is 2. The Morgan fingerprint density at radius 2 is 2.19 bits per heavy atom. The van der Waals surface area contributed by atoms with Crippen molar-refractivity contribution in [1.82, 2.24) is 9.55 Å². The van der Waals surface area contributed by atoms with Gasteiger partial charge in [-0.3, -0.25) is 14.2 Å². The molecule has 0 aliphatic heterocycles. The van der Waals surface area contributed by atoms with Gasteiger partial charge in [-0.05, 0) is 43.4 Å². The van der Waals surface area contributed by atoms with Crippen LogP contribution in [0.3, 0.4) is 0 Å². The fourth-order valence-electron chi connectivity index (χ4n) is 2.59. The van der Waals surface area contributed by atoms with E-state index in [9.17, 15) is 9.59 Å². The molecule has 1 N–H and O–H groups in total. The van der Waals surface area contributed by atoms with Crippen molar-refractivity contribution in [2.24, 2.45) is 0 Å². The van der Waals surface area contributed by atoms with Gasteiger partial charge in [0.2, 0.25) is 5.91 Å². The number of thioether (sulfide) groups is 1.